The Hall–Kier alpha value is -3.02. The van der Waals surface area contributed by atoms with E-state index in [9.17, 15) is 9.18 Å². The molecule has 0 bridgehead atoms. The lowest BCUT2D eigenvalue weighted by Crippen LogP contribution is -2.41. The average Bonchev–Trinajstić information content (AvgIpc) is 3.15. The van der Waals surface area contributed by atoms with Crippen LogP contribution in [0.1, 0.15) is 12.5 Å². The third-order valence-corrected chi connectivity index (χ3v) is 4.77. The third-order valence-electron chi connectivity index (χ3n) is 4.77. The molecule has 0 spiro atoms. The van der Waals surface area contributed by atoms with Gasteiger partial charge in [0.05, 0.1) is 11.9 Å². The number of hydrogen-bond donors (Lipinski definition) is 0. The van der Waals surface area contributed by atoms with E-state index in [0.29, 0.717) is 11.5 Å². The van der Waals surface area contributed by atoms with Crippen molar-refractivity contribution in [2.75, 3.05) is 11.9 Å². The summed E-state index contributed by atoms with van der Waals surface area (Å²) >= 11 is 0. The Morgan fingerprint density at radius 3 is 2.60 bits per heavy atom. The molecule has 0 saturated carbocycles. The van der Waals surface area contributed by atoms with Crippen molar-refractivity contribution >= 4 is 11.9 Å². The Kier molecular flexibility index (Phi) is 3.42. The number of likely N-dealkylation sites (N-methyl/N-ethyl adjacent to an activating group) is 1. The first-order chi connectivity index (χ1) is 12.0. The first-order valence-electron chi connectivity index (χ1n) is 8.02. The predicted octanol–water partition coefficient (Wildman–Crippen LogP) is 3.02. The summed E-state index contributed by atoms with van der Waals surface area (Å²) in [5.41, 5.74) is 1.29. The normalized spacial score (nSPS) is 19.3. The molecule has 0 saturated heterocycles. The summed E-state index contributed by atoms with van der Waals surface area (Å²) in [5.74, 6) is 0.156. The standard InChI is InChI=1S/C19H17FN4O/c1-19(11-14-5-3-4-6-15(14)20)17(25)23(2)18-22-12-16(24(18)19)13-7-9-21-10-8-13/h3-10,12H,11H2,1-2H3. The van der Waals surface area contributed by atoms with Crippen LogP contribution in [0.25, 0.3) is 11.3 Å². The highest BCUT2D eigenvalue weighted by molar-refractivity contribution is 6.02. The predicted molar refractivity (Wildman–Crippen MR) is 92.6 cm³/mol. The minimum absolute atomic E-state index is 0.103. The van der Waals surface area contributed by atoms with Gasteiger partial charge >= 0.3 is 0 Å². The maximum Gasteiger partial charge on any atom is 0.255 e. The van der Waals surface area contributed by atoms with Gasteiger partial charge in [0.2, 0.25) is 5.95 Å². The fourth-order valence-corrected chi connectivity index (χ4v) is 3.51. The van der Waals surface area contributed by atoms with Gasteiger partial charge in [-0.3, -0.25) is 19.2 Å². The number of carbonyl (C=O) groups excluding carboxylic acids is 1. The molecule has 6 heteroatoms. The Balaban J connectivity index is 1.87. The van der Waals surface area contributed by atoms with E-state index < -0.39 is 5.54 Å². The monoisotopic (exact) mass is 336 g/mol. The van der Waals surface area contributed by atoms with Gasteiger partial charge in [-0.1, -0.05) is 18.2 Å². The van der Waals surface area contributed by atoms with E-state index in [1.54, 1.807) is 43.8 Å². The van der Waals surface area contributed by atoms with Crippen molar-refractivity contribution in [1.82, 2.24) is 14.5 Å². The third kappa shape index (κ3) is 2.25. The number of aromatic nitrogens is 3. The van der Waals surface area contributed by atoms with E-state index in [2.05, 4.69) is 9.97 Å². The molecule has 0 aliphatic carbocycles. The smallest absolute Gasteiger partial charge is 0.255 e. The molecule has 1 aliphatic rings. The lowest BCUT2D eigenvalue weighted by molar-refractivity contribution is -0.124. The highest BCUT2D eigenvalue weighted by atomic mass is 19.1. The largest absolute Gasteiger partial charge is 0.294 e. The highest BCUT2D eigenvalue weighted by Crippen LogP contribution is 2.40. The van der Waals surface area contributed by atoms with E-state index in [4.69, 9.17) is 0 Å². The van der Waals surface area contributed by atoms with Gasteiger partial charge in [0.15, 0.2) is 0 Å². The van der Waals surface area contributed by atoms with E-state index >= 15 is 0 Å². The first-order valence-corrected chi connectivity index (χ1v) is 8.02. The molecule has 0 radical (unpaired) electrons. The molecule has 3 heterocycles. The molecular formula is C19H17FN4O. The second-order valence-corrected chi connectivity index (χ2v) is 6.42. The van der Waals surface area contributed by atoms with Gasteiger partial charge in [-0.05, 0) is 30.7 Å². The molecule has 0 fully saturated rings. The first kappa shape index (κ1) is 15.5. The number of halogens is 1. The number of imidazole rings is 1. The van der Waals surface area contributed by atoms with Crippen molar-refractivity contribution in [3.63, 3.8) is 0 Å². The molecule has 2 aromatic heterocycles. The minimum atomic E-state index is -0.943. The van der Waals surface area contributed by atoms with Gasteiger partial charge in [-0.15, -0.1) is 0 Å². The number of benzene rings is 1. The molecule has 4 rings (SSSR count). The summed E-state index contributed by atoms with van der Waals surface area (Å²) in [4.78, 5) is 23.0. The number of amides is 1. The Morgan fingerprint density at radius 2 is 1.88 bits per heavy atom. The molecule has 1 aromatic carbocycles. The number of nitrogens with zero attached hydrogens (tertiary/aromatic N) is 4. The van der Waals surface area contributed by atoms with Crippen molar-refractivity contribution in [2.24, 2.45) is 0 Å². The van der Waals surface area contributed by atoms with Crippen LogP contribution in [-0.2, 0) is 16.8 Å². The zero-order valence-corrected chi connectivity index (χ0v) is 14.0. The Labute approximate surface area is 144 Å². The zero-order chi connectivity index (χ0) is 17.6. The minimum Gasteiger partial charge on any atom is -0.294 e. The van der Waals surface area contributed by atoms with Gasteiger partial charge in [0.25, 0.3) is 5.91 Å². The SMILES string of the molecule is CN1C(=O)C(C)(Cc2ccccc2F)n2c(-c3ccncc3)cnc21. The van der Waals surface area contributed by atoms with Crippen molar-refractivity contribution in [2.45, 2.75) is 18.9 Å². The molecule has 3 aromatic rings. The van der Waals surface area contributed by atoms with Crippen LogP contribution in [0.3, 0.4) is 0 Å². The Morgan fingerprint density at radius 1 is 1.16 bits per heavy atom. The zero-order valence-electron chi connectivity index (χ0n) is 14.0. The van der Waals surface area contributed by atoms with E-state index in [1.165, 1.54) is 11.0 Å². The Bertz CT molecular complexity index is 953. The number of anilines is 1. The van der Waals surface area contributed by atoms with Crippen LogP contribution in [-0.4, -0.2) is 27.5 Å². The summed E-state index contributed by atoms with van der Waals surface area (Å²) < 4.78 is 16.1. The summed E-state index contributed by atoms with van der Waals surface area (Å²) in [5, 5.41) is 0. The van der Waals surface area contributed by atoms with Gasteiger partial charge in [-0.2, -0.15) is 0 Å². The highest BCUT2D eigenvalue weighted by Gasteiger charge is 2.48. The summed E-state index contributed by atoms with van der Waals surface area (Å²) in [6.07, 6.45) is 5.39. The quantitative estimate of drug-likeness (QED) is 0.739. The topological polar surface area (TPSA) is 51.0 Å². The molecule has 126 valence electrons. The fraction of sp³-hybridized carbons (Fsp3) is 0.211. The molecule has 1 unspecified atom stereocenters. The van der Waals surface area contributed by atoms with Crippen LogP contribution >= 0.6 is 0 Å². The summed E-state index contributed by atoms with van der Waals surface area (Å²) in [6, 6.07) is 10.3. The molecule has 25 heavy (non-hydrogen) atoms. The van der Waals surface area contributed by atoms with Crippen LogP contribution in [0, 0.1) is 5.82 Å². The number of hydrogen-bond acceptors (Lipinski definition) is 3. The lowest BCUT2D eigenvalue weighted by atomic mass is 9.91. The number of pyridine rings is 1. The van der Waals surface area contributed by atoms with Crippen LogP contribution < -0.4 is 4.90 Å². The van der Waals surface area contributed by atoms with E-state index in [-0.39, 0.29) is 18.1 Å². The van der Waals surface area contributed by atoms with Crippen LogP contribution in [0.2, 0.25) is 0 Å². The maximum absolute atomic E-state index is 14.2. The van der Waals surface area contributed by atoms with Crippen molar-refractivity contribution in [1.29, 1.82) is 0 Å². The molecule has 1 atom stereocenters. The molecule has 5 nitrogen and oxygen atoms in total. The molecule has 1 amide bonds. The van der Waals surface area contributed by atoms with E-state index in [1.807, 2.05) is 23.6 Å². The average molecular weight is 336 g/mol. The van der Waals surface area contributed by atoms with Crippen LogP contribution in [0.4, 0.5) is 10.3 Å². The van der Waals surface area contributed by atoms with Gasteiger partial charge in [-0.25, -0.2) is 9.37 Å². The number of rotatable bonds is 3. The second kappa shape index (κ2) is 5.51. The number of fused-ring (bicyclic) bond motifs is 1. The second-order valence-electron chi connectivity index (χ2n) is 6.42. The van der Waals surface area contributed by atoms with Crippen molar-refractivity contribution < 1.29 is 9.18 Å². The van der Waals surface area contributed by atoms with Gasteiger partial charge < -0.3 is 0 Å². The summed E-state index contributed by atoms with van der Waals surface area (Å²) in [7, 11) is 1.70. The van der Waals surface area contributed by atoms with Crippen molar-refractivity contribution in [3.8, 4) is 11.3 Å². The molecule has 0 N–H and O–H groups in total. The molecular weight excluding hydrogens is 319 g/mol. The maximum atomic E-state index is 14.2. The van der Waals surface area contributed by atoms with Crippen LogP contribution in [0.15, 0.2) is 55.0 Å². The number of carbonyl (C=O) groups is 1. The molecule has 1 aliphatic heterocycles. The summed E-state index contributed by atoms with van der Waals surface area (Å²) in [6.45, 7) is 1.83. The fourth-order valence-electron chi connectivity index (χ4n) is 3.51. The van der Waals surface area contributed by atoms with Gasteiger partial charge in [0, 0.05) is 31.4 Å². The van der Waals surface area contributed by atoms with Crippen LogP contribution in [0.5, 0.6) is 0 Å². The van der Waals surface area contributed by atoms with Gasteiger partial charge in [0.1, 0.15) is 11.4 Å². The lowest BCUT2D eigenvalue weighted by Gasteiger charge is -2.26. The van der Waals surface area contributed by atoms with Crippen molar-refractivity contribution in [3.05, 3.63) is 66.4 Å². The van der Waals surface area contributed by atoms with E-state index in [0.717, 1.165) is 11.3 Å².